The molecule has 3 N–H and O–H groups in total. The van der Waals surface area contributed by atoms with Crippen molar-refractivity contribution in [3.63, 3.8) is 0 Å². The molecule has 4 rings (SSSR count). The third-order valence-corrected chi connectivity index (χ3v) is 5.13. The van der Waals surface area contributed by atoms with Gasteiger partial charge in [-0.1, -0.05) is 0 Å². The summed E-state index contributed by atoms with van der Waals surface area (Å²) >= 11 is 0. The lowest BCUT2D eigenvalue weighted by atomic mass is 10.1. The summed E-state index contributed by atoms with van der Waals surface area (Å²) in [6.45, 7) is 6.74. The van der Waals surface area contributed by atoms with E-state index < -0.39 is 5.91 Å². The van der Waals surface area contributed by atoms with Crippen LogP contribution in [0.2, 0.25) is 0 Å². The monoisotopic (exact) mass is 341 g/mol. The van der Waals surface area contributed by atoms with Crippen LogP contribution in [0.3, 0.4) is 0 Å². The number of hydrogen-bond donors (Lipinski definition) is 2. The van der Waals surface area contributed by atoms with Crippen LogP contribution < -0.4 is 20.5 Å². The van der Waals surface area contributed by atoms with Crippen molar-refractivity contribution in [1.82, 2.24) is 10.3 Å². The summed E-state index contributed by atoms with van der Waals surface area (Å²) in [7, 11) is 0. The molecule has 6 nitrogen and oxygen atoms in total. The van der Waals surface area contributed by atoms with Gasteiger partial charge in [0.15, 0.2) is 0 Å². The summed E-state index contributed by atoms with van der Waals surface area (Å²) < 4.78 is 11.9. The number of nitrogens with two attached hydrogens (primary N) is 1. The second-order valence-electron chi connectivity index (χ2n) is 7.17. The van der Waals surface area contributed by atoms with E-state index in [0.717, 1.165) is 36.1 Å². The summed E-state index contributed by atoms with van der Waals surface area (Å²) in [6.07, 6.45) is 1.63. The summed E-state index contributed by atoms with van der Waals surface area (Å²) in [5, 5.41) is 4.24. The lowest BCUT2D eigenvalue weighted by Gasteiger charge is -2.15. The lowest BCUT2D eigenvalue weighted by Crippen LogP contribution is -2.18. The van der Waals surface area contributed by atoms with Crippen molar-refractivity contribution >= 4 is 16.8 Å². The minimum Gasteiger partial charge on any atom is -0.493 e. The smallest absolute Gasteiger partial charge is 0.252 e. The van der Waals surface area contributed by atoms with Crippen LogP contribution in [0.4, 0.5) is 0 Å². The predicted molar refractivity (Wildman–Crippen MR) is 94.9 cm³/mol. The van der Waals surface area contributed by atoms with Gasteiger partial charge in [-0.3, -0.25) is 9.78 Å². The largest absolute Gasteiger partial charge is 0.493 e. The van der Waals surface area contributed by atoms with Gasteiger partial charge < -0.3 is 20.5 Å². The maximum Gasteiger partial charge on any atom is 0.252 e. The number of ether oxygens (including phenoxy) is 2. The molecule has 1 aliphatic heterocycles. The van der Waals surface area contributed by atoms with E-state index in [4.69, 9.17) is 15.2 Å². The summed E-state index contributed by atoms with van der Waals surface area (Å²) in [5.74, 6) is 2.88. The zero-order valence-corrected chi connectivity index (χ0v) is 14.5. The Bertz CT molecular complexity index is 811. The van der Waals surface area contributed by atoms with Crippen molar-refractivity contribution < 1.29 is 14.3 Å². The van der Waals surface area contributed by atoms with Crippen LogP contribution in [-0.4, -0.2) is 36.7 Å². The normalized spacial score (nSPS) is 24.4. The highest BCUT2D eigenvalue weighted by Crippen LogP contribution is 2.48. The molecule has 2 aliphatic rings. The number of primary amides is 1. The van der Waals surface area contributed by atoms with Gasteiger partial charge in [-0.25, -0.2) is 0 Å². The second kappa shape index (κ2) is 6.19. The fraction of sp³-hybridized carbons (Fsp3) is 0.474. The van der Waals surface area contributed by atoms with Crippen molar-refractivity contribution in [2.75, 3.05) is 19.7 Å². The van der Waals surface area contributed by atoms with Gasteiger partial charge >= 0.3 is 0 Å². The number of piperidine rings is 1. The molecule has 0 spiro atoms. The Morgan fingerprint density at radius 2 is 2.08 bits per heavy atom. The molecule has 132 valence electrons. The Morgan fingerprint density at radius 3 is 2.76 bits per heavy atom. The Kier molecular flexibility index (Phi) is 4.00. The molecular formula is C19H23N3O3. The summed E-state index contributed by atoms with van der Waals surface area (Å²) in [6, 6.07) is 5.35. The molecule has 0 bridgehead atoms. The Hall–Kier alpha value is -2.34. The molecule has 1 saturated carbocycles. The predicted octanol–water partition coefficient (Wildman–Crippen LogP) is 1.97. The lowest BCUT2D eigenvalue weighted by molar-refractivity contribution is 0.0994. The van der Waals surface area contributed by atoms with Crippen molar-refractivity contribution in [1.29, 1.82) is 0 Å². The number of nitrogens with one attached hydrogen (secondary N) is 1. The molecule has 6 heteroatoms. The molecule has 1 aliphatic carbocycles. The Balaban J connectivity index is 1.63. The zero-order valence-electron chi connectivity index (χ0n) is 14.5. The molecule has 2 unspecified atom stereocenters. The van der Waals surface area contributed by atoms with Gasteiger partial charge in [-0.15, -0.1) is 0 Å². The Labute approximate surface area is 146 Å². The number of amides is 1. The molecule has 2 fully saturated rings. The molecule has 2 aromatic rings. The number of nitrogens with zero attached hydrogens (tertiary/aromatic N) is 1. The summed E-state index contributed by atoms with van der Waals surface area (Å²) in [5.41, 5.74) is 6.52. The van der Waals surface area contributed by atoms with Crippen molar-refractivity contribution in [3.8, 4) is 11.5 Å². The molecule has 2 heterocycles. The molecule has 1 aromatic carbocycles. The number of rotatable bonds is 6. The van der Waals surface area contributed by atoms with Crippen LogP contribution in [0.25, 0.3) is 10.9 Å². The highest BCUT2D eigenvalue weighted by atomic mass is 16.5. The molecule has 1 aromatic heterocycles. The topological polar surface area (TPSA) is 86.5 Å². The van der Waals surface area contributed by atoms with Gasteiger partial charge in [0, 0.05) is 17.5 Å². The number of aromatic nitrogens is 1. The van der Waals surface area contributed by atoms with Crippen LogP contribution in [0, 0.1) is 17.8 Å². The zero-order chi connectivity index (χ0) is 17.6. The first-order valence-corrected chi connectivity index (χ1v) is 8.77. The molecular weight excluding hydrogens is 318 g/mol. The number of pyridine rings is 1. The SMILES string of the molecule is CC(C)Oc1cc2c(OCC3C4CNCC43)ccnc2cc1C(N)=O. The molecule has 2 atom stereocenters. The average Bonchev–Trinajstić information content (AvgIpc) is 2.99. The minimum atomic E-state index is -0.524. The quantitative estimate of drug-likeness (QED) is 0.839. The van der Waals surface area contributed by atoms with E-state index >= 15 is 0 Å². The van der Waals surface area contributed by atoms with Gasteiger partial charge in [-0.2, -0.15) is 0 Å². The maximum atomic E-state index is 11.7. The first-order valence-electron chi connectivity index (χ1n) is 8.77. The maximum absolute atomic E-state index is 11.7. The van der Waals surface area contributed by atoms with Crippen LogP contribution in [0.1, 0.15) is 24.2 Å². The number of fused-ring (bicyclic) bond motifs is 2. The number of carbonyl (C=O) groups is 1. The van der Waals surface area contributed by atoms with E-state index in [2.05, 4.69) is 10.3 Å². The van der Waals surface area contributed by atoms with Crippen LogP contribution >= 0.6 is 0 Å². The van der Waals surface area contributed by atoms with Gasteiger partial charge in [0.25, 0.3) is 5.91 Å². The van der Waals surface area contributed by atoms with Gasteiger partial charge in [0.2, 0.25) is 0 Å². The van der Waals surface area contributed by atoms with Gasteiger partial charge in [0.1, 0.15) is 11.5 Å². The Morgan fingerprint density at radius 1 is 1.32 bits per heavy atom. The average molecular weight is 341 g/mol. The first kappa shape index (κ1) is 16.1. The van der Waals surface area contributed by atoms with E-state index in [-0.39, 0.29) is 6.10 Å². The second-order valence-corrected chi connectivity index (χ2v) is 7.17. The number of hydrogen-bond acceptors (Lipinski definition) is 5. The molecule has 25 heavy (non-hydrogen) atoms. The fourth-order valence-corrected chi connectivity index (χ4v) is 3.80. The van der Waals surface area contributed by atoms with Crippen LogP contribution in [0.5, 0.6) is 11.5 Å². The third-order valence-electron chi connectivity index (χ3n) is 5.13. The van der Waals surface area contributed by atoms with E-state index in [1.807, 2.05) is 26.0 Å². The van der Waals surface area contributed by atoms with Crippen LogP contribution in [0.15, 0.2) is 24.4 Å². The highest BCUT2D eigenvalue weighted by Gasteiger charge is 2.53. The minimum absolute atomic E-state index is 0.0603. The van der Waals surface area contributed by atoms with Gasteiger partial charge in [0.05, 0.1) is 23.8 Å². The van der Waals surface area contributed by atoms with E-state index in [1.165, 1.54) is 0 Å². The first-order chi connectivity index (χ1) is 12.0. The van der Waals surface area contributed by atoms with Gasteiger partial charge in [-0.05, 0) is 57.0 Å². The van der Waals surface area contributed by atoms with E-state index in [0.29, 0.717) is 29.4 Å². The highest BCUT2D eigenvalue weighted by molar-refractivity contribution is 6.01. The van der Waals surface area contributed by atoms with E-state index in [9.17, 15) is 4.79 Å². The number of benzene rings is 1. The standard InChI is InChI=1S/C19H23N3O3/c1-10(2)25-18-6-11-16(5-12(18)19(20)23)22-4-3-17(11)24-9-15-13-7-21-8-14(13)15/h3-6,10,13-15,21H,7-9H2,1-2H3,(H2,20,23). The van der Waals surface area contributed by atoms with Crippen LogP contribution in [-0.2, 0) is 0 Å². The molecule has 1 amide bonds. The van der Waals surface area contributed by atoms with Crippen molar-refractivity contribution in [3.05, 3.63) is 30.0 Å². The molecule has 0 radical (unpaired) electrons. The van der Waals surface area contributed by atoms with E-state index in [1.54, 1.807) is 12.3 Å². The van der Waals surface area contributed by atoms with Crippen molar-refractivity contribution in [2.45, 2.75) is 20.0 Å². The van der Waals surface area contributed by atoms with Crippen molar-refractivity contribution in [2.24, 2.45) is 23.5 Å². The fourth-order valence-electron chi connectivity index (χ4n) is 3.80. The third kappa shape index (κ3) is 3.02. The molecule has 1 saturated heterocycles. The summed E-state index contributed by atoms with van der Waals surface area (Å²) in [4.78, 5) is 16.1. The number of carbonyl (C=O) groups excluding carboxylic acids is 1.